The molecule has 1 heterocycles. The van der Waals surface area contributed by atoms with Crippen LogP contribution in [-0.4, -0.2) is 28.8 Å². The number of nitrogens with one attached hydrogen (secondary N) is 2. The van der Waals surface area contributed by atoms with Crippen LogP contribution in [0.4, 0.5) is 5.69 Å². The number of anilines is 1. The molecule has 6 nitrogen and oxygen atoms in total. The van der Waals surface area contributed by atoms with Crippen molar-refractivity contribution in [2.45, 2.75) is 18.8 Å². The summed E-state index contributed by atoms with van der Waals surface area (Å²) in [6.07, 6.45) is 3.78. The Hall–Kier alpha value is -4.21. The standard InChI is InChI=1S/C29H29N5O/c1-21(23-10-8-22(16-30)9-11-23)17-31-19-28(25-6-4-3-5-7-25)29(35)33-27-14-12-24(13-15-27)26-18-32-34(2)20-26/h3-15,18,20-21,28,31H,17,19H2,1-2H3,(H,33,35)/t21-,28?/m0/s1. The quantitative estimate of drug-likeness (QED) is 0.363. The molecule has 0 fully saturated rings. The molecule has 0 spiro atoms. The van der Waals surface area contributed by atoms with Gasteiger partial charge < -0.3 is 10.6 Å². The first kappa shape index (κ1) is 23.9. The van der Waals surface area contributed by atoms with E-state index in [9.17, 15) is 4.79 Å². The average molecular weight is 464 g/mol. The second-order valence-corrected chi connectivity index (χ2v) is 8.73. The second-order valence-electron chi connectivity index (χ2n) is 8.73. The minimum absolute atomic E-state index is 0.0520. The largest absolute Gasteiger partial charge is 0.326 e. The minimum atomic E-state index is -0.331. The Balaban J connectivity index is 1.40. The zero-order valence-electron chi connectivity index (χ0n) is 20.0. The fraction of sp³-hybridized carbons (Fsp3) is 0.207. The van der Waals surface area contributed by atoms with Crippen LogP contribution in [-0.2, 0) is 11.8 Å². The van der Waals surface area contributed by atoms with E-state index < -0.39 is 0 Å². The van der Waals surface area contributed by atoms with E-state index >= 15 is 0 Å². The molecular weight excluding hydrogens is 434 g/mol. The third-order valence-corrected chi connectivity index (χ3v) is 6.12. The topological polar surface area (TPSA) is 82.7 Å². The number of nitriles is 1. The number of rotatable bonds is 9. The molecule has 0 saturated carbocycles. The lowest BCUT2D eigenvalue weighted by molar-refractivity contribution is -0.117. The van der Waals surface area contributed by atoms with Crippen molar-refractivity contribution in [3.63, 3.8) is 0 Å². The van der Waals surface area contributed by atoms with Crippen LogP contribution < -0.4 is 10.6 Å². The van der Waals surface area contributed by atoms with E-state index in [-0.39, 0.29) is 17.7 Å². The van der Waals surface area contributed by atoms with Crippen LogP contribution in [0.5, 0.6) is 0 Å². The van der Waals surface area contributed by atoms with Gasteiger partial charge in [0.25, 0.3) is 0 Å². The van der Waals surface area contributed by atoms with Crippen LogP contribution in [0.3, 0.4) is 0 Å². The predicted octanol–water partition coefficient (Wildman–Crippen LogP) is 5.07. The number of hydrogen-bond acceptors (Lipinski definition) is 4. The van der Waals surface area contributed by atoms with Gasteiger partial charge in [-0.05, 0) is 46.9 Å². The van der Waals surface area contributed by atoms with Crippen LogP contribution in [0, 0.1) is 11.3 Å². The fourth-order valence-electron chi connectivity index (χ4n) is 4.04. The molecule has 4 rings (SSSR count). The molecule has 0 aliphatic rings. The van der Waals surface area contributed by atoms with E-state index in [1.54, 1.807) is 4.68 Å². The maximum absolute atomic E-state index is 13.3. The Kier molecular flexibility index (Phi) is 7.71. The molecule has 0 bridgehead atoms. The first-order valence-corrected chi connectivity index (χ1v) is 11.7. The van der Waals surface area contributed by atoms with E-state index in [1.165, 1.54) is 0 Å². The molecule has 1 unspecified atom stereocenters. The molecule has 3 aromatic carbocycles. The van der Waals surface area contributed by atoms with Crippen LogP contribution in [0.15, 0.2) is 91.3 Å². The van der Waals surface area contributed by atoms with Crippen molar-refractivity contribution in [2.75, 3.05) is 18.4 Å². The first-order chi connectivity index (χ1) is 17.0. The Labute approximate surface area is 206 Å². The summed E-state index contributed by atoms with van der Waals surface area (Å²) in [6, 6.07) is 27.5. The molecule has 0 radical (unpaired) electrons. The lowest BCUT2D eigenvalue weighted by Gasteiger charge is -2.20. The van der Waals surface area contributed by atoms with Crippen molar-refractivity contribution in [3.05, 3.63) is 108 Å². The highest BCUT2D eigenvalue weighted by Gasteiger charge is 2.21. The molecular formula is C29H29N5O. The number of carbonyl (C=O) groups excluding carboxylic acids is 1. The van der Waals surface area contributed by atoms with Crippen molar-refractivity contribution in [1.82, 2.24) is 15.1 Å². The molecule has 176 valence electrons. The Morgan fingerprint density at radius 2 is 1.66 bits per heavy atom. The molecule has 2 N–H and O–H groups in total. The Bertz CT molecular complexity index is 1290. The number of carbonyl (C=O) groups is 1. The van der Waals surface area contributed by atoms with Gasteiger partial charge in [-0.15, -0.1) is 0 Å². The normalized spacial score (nSPS) is 12.5. The maximum Gasteiger partial charge on any atom is 0.233 e. The van der Waals surface area contributed by atoms with E-state index in [1.807, 2.05) is 98.3 Å². The lowest BCUT2D eigenvalue weighted by atomic mass is 9.96. The number of nitrogens with zero attached hydrogens (tertiary/aromatic N) is 3. The van der Waals surface area contributed by atoms with E-state index in [2.05, 4.69) is 28.7 Å². The highest BCUT2D eigenvalue weighted by atomic mass is 16.1. The van der Waals surface area contributed by atoms with Crippen molar-refractivity contribution in [1.29, 1.82) is 5.26 Å². The molecule has 0 aliphatic heterocycles. The Morgan fingerprint density at radius 1 is 0.943 bits per heavy atom. The molecule has 35 heavy (non-hydrogen) atoms. The van der Waals surface area contributed by atoms with E-state index in [0.29, 0.717) is 12.1 Å². The number of benzene rings is 3. The van der Waals surface area contributed by atoms with Gasteiger partial charge >= 0.3 is 0 Å². The fourth-order valence-corrected chi connectivity index (χ4v) is 4.04. The minimum Gasteiger partial charge on any atom is -0.326 e. The monoisotopic (exact) mass is 463 g/mol. The predicted molar refractivity (Wildman–Crippen MR) is 139 cm³/mol. The van der Waals surface area contributed by atoms with Crippen LogP contribution in [0.25, 0.3) is 11.1 Å². The molecule has 4 aromatic rings. The third-order valence-electron chi connectivity index (χ3n) is 6.12. The number of amides is 1. The number of aryl methyl sites for hydroxylation is 1. The van der Waals surface area contributed by atoms with Gasteiger partial charge in [0.2, 0.25) is 5.91 Å². The van der Waals surface area contributed by atoms with Gasteiger partial charge in [-0.2, -0.15) is 10.4 Å². The summed E-state index contributed by atoms with van der Waals surface area (Å²) < 4.78 is 1.77. The Morgan fingerprint density at radius 3 is 2.29 bits per heavy atom. The highest BCUT2D eigenvalue weighted by molar-refractivity contribution is 5.96. The van der Waals surface area contributed by atoms with E-state index in [4.69, 9.17) is 5.26 Å². The summed E-state index contributed by atoms with van der Waals surface area (Å²) in [6.45, 7) is 3.38. The van der Waals surface area contributed by atoms with Crippen molar-refractivity contribution >= 4 is 11.6 Å². The summed E-state index contributed by atoms with van der Waals surface area (Å²) in [5.74, 6) is -0.131. The number of aromatic nitrogens is 2. The van der Waals surface area contributed by atoms with Crippen molar-refractivity contribution < 1.29 is 4.79 Å². The summed E-state index contributed by atoms with van der Waals surface area (Å²) >= 11 is 0. The van der Waals surface area contributed by atoms with Gasteiger partial charge in [-0.1, -0.05) is 61.5 Å². The van der Waals surface area contributed by atoms with E-state index in [0.717, 1.165) is 34.5 Å². The first-order valence-electron chi connectivity index (χ1n) is 11.7. The summed E-state index contributed by atoms with van der Waals surface area (Å²) in [4.78, 5) is 13.3. The summed E-state index contributed by atoms with van der Waals surface area (Å²) in [5, 5.41) is 19.8. The van der Waals surface area contributed by atoms with Gasteiger partial charge in [-0.3, -0.25) is 9.48 Å². The summed E-state index contributed by atoms with van der Waals surface area (Å²) in [5.41, 5.74) is 5.63. The summed E-state index contributed by atoms with van der Waals surface area (Å²) in [7, 11) is 1.89. The molecule has 1 amide bonds. The zero-order chi connectivity index (χ0) is 24.6. The maximum atomic E-state index is 13.3. The molecule has 2 atom stereocenters. The molecule has 6 heteroatoms. The van der Waals surface area contributed by atoms with Crippen LogP contribution >= 0.6 is 0 Å². The van der Waals surface area contributed by atoms with Gasteiger partial charge in [0.05, 0.1) is 23.7 Å². The van der Waals surface area contributed by atoms with Crippen LogP contribution in [0.1, 0.15) is 35.4 Å². The number of hydrogen-bond donors (Lipinski definition) is 2. The van der Waals surface area contributed by atoms with Gasteiger partial charge in [0, 0.05) is 37.6 Å². The van der Waals surface area contributed by atoms with Crippen molar-refractivity contribution in [3.8, 4) is 17.2 Å². The van der Waals surface area contributed by atoms with Gasteiger partial charge in [-0.25, -0.2) is 0 Å². The highest BCUT2D eigenvalue weighted by Crippen LogP contribution is 2.23. The second kappa shape index (κ2) is 11.3. The molecule has 0 aliphatic carbocycles. The molecule has 1 aromatic heterocycles. The van der Waals surface area contributed by atoms with Gasteiger partial charge in [0.15, 0.2) is 0 Å². The SMILES string of the molecule is C[C@@H](CNCC(C(=O)Nc1ccc(-c2cnn(C)c2)cc1)c1ccccc1)c1ccc(C#N)cc1. The smallest absolute Gasteiger partial charge is 0.233 e. The third kappa shape index (κ3) is 6.23. The van der Waals surface area contributed by atoms with Crippen LogP contribution in [0.2, 0.25) is 0 Å². The lowest BCUT2D eigenvalue weighted by Crippen LogP contribution is -2.32. The van der Waals surface area contributed by atoms with Gasteiger partial charge in [0.1, 0.15) is 0 Å². The molecule has 0 saturated heterocycles. The van der Waals surface area contributed by atoms with Crippen molar-refractivity contribution in [2.24, 2.45) is 7.05 Å². The average Bonchev–Trinajstić information content (AvgIpc) is 3.33. The zero-order valence-corrected chi connectivity index (χ0v) is 20.0.